The molecule has 0 aromatic heterocycles. The Labute approximate surface area is 109 Å². The van der Waals surface area contributed by atoms with Crippen LogP contribution >= 0.6 is 0 Å². The van der Waals surface area contributed by atoms with Crippen LogP contribution in [0.4, 0.5) is 5.69 Å². The Hall–Kier alpha value is -1.35. The van der Waals surface area contributed by atoms with Crippen molar-refractivity contribution in [3.05, 3.63) is 29.3 Å². The van der Waals surface area contributed by atoms with Crippen LogP contribution in [0.15, 0.2) is 18.2 Å². The molecule has 3 nitrogen and oxygen atoms in total. The van der Waals surface area contributed by atoms with Gasteiger partial charge in [-0.2, -0.15) is 0 Å². The van der Waals surface area contributed by atoms with E-state index in [0.717, 1.165) is 25.1 Å². The molecule has 1 fully saturated rings. The summed E-state index contributed by atoms with van der Waals surface area (Å²) in [6.07, 6.45) is 3.27. The molecule has 1 saturated heterocycles. The highest BCUT2D eigenvalue weighted by Gasteiger charge is 2.24. The quantitative estimate of drug-likeness (QED) is 0.869. The molecule has 18 heavy (non-hydrogen) atoms. The summed E-state index contributed by atoms with van der Waals surface area (Å²) >= 11 is 0. The number of carbonyl (C=O) groups excluding carboxylic acids is 1. The standard InChI is InChI=1S/C15H22N2O/c1-11-8-12(2)10-13(9-11)17(3)15(18)14-6-4-5-7-16-14/h8-10,14,16H,4-7H2,1-3H3. The number of piperidine rings is 1. The summed E-state index contributed by atoms with van der Waals surface area (Å²) in [6.45, 7) is 5.08. The third kappa shape index (κ3) is 2.91. The third-order valence-electron chi connectivity index (χ3n) is 3.53. The summed E-state index contributed by atoms with van der Waals surface area (Å²) in [5.74, 6) is 0.180. The zero-order chi connectivity index (χ0) is 13.1. The Morgan fingerprint density at radius 3 is 2.44 bits per heavy atom. The molecule has 0 saturated carbocycles. The number of nitrogens with one attached hydrogen (secondary N) is 1. The number of hydrogen-bond acceptors (Lipinski definition) is 2. The van der Waals surface area contributed by atoms with E-state index in [1.165, 1.54) is 17.5 Å². The van der Waals surface area contributed by atoms with Gasteiger partial charge < -0.3 is 10.2 Å². The molecule has 1 unspecified atom stereocenters. The average Bonchev–Trinajstić information content (AvgIpc) is 2.37. The molecule has 3 heteroatoms. The van der Waals surface area contributed by atoms with Gasteiger partial charge in [0, 0.05) is 12.7 Å². The largest absolute Gasteiger partial charge is 0.314 e. The van der Waals surface area contributed by atoms with Crippen LogP contribution in [-0.4, -0.2) is 25.5 Å². The van der Waals surface area contributed by atoms with E-state index in [2.05, 4.69) is 37.4 Å². The molecule has 1 aromatic rings. The van der Waals surface area contributed by atoms with Crippen molar-refractivity contribution in [1.29, 1.82) is 0 Å². The van der Waals surface area contributed by atoms with Crippen molar-refractivity contribution in [2.45, 2.75) is 39.2 Å². The van der Waals surface area contributed by atoms with Crippen LogP contribution in [0.25, 0.3) is 0 Å². The number of benzene rings is 1. The second kappa shape index (κ2) is 5.53. The van der Waals surface area contributed by atoms with Crippen LogP contribution in [0, 0.1) is 13.8 Å². The first-order valence-electron chi connectivity index (χ1n) is 6.67. The number of likely N-dealkylation sites (N-methyl/N-ethyl adjacent to an activating group) is 1. The molecule has 1 aromatic carbocycles. The Bertz CT molecular complexity index is 416. The van der Waals surface area contributed by atoms with Gasteiger partial charge in [0.05, 0.1) is 6.04 Å². The van der Waals surface area contributed by atoms with Crippen molar-refractivity contribution < 1.29 is 4.79 Å². The van der Waals surface area contributed by atoms with Crippen molar-refractivity contribution in [3.63, 3.8) is 0 Å². The number of carbonyl (C=O) groups is 1. The van der Waals surface area contributed by atoms with Crippen molar-refractivity contribution >= 4 is 11.6 Å². The maximum Gasteiger partial charge on any atom is 0.243 e. The number of rotatable bonds is 2. The highest BCUT2D eigenvalue weighted by Crippen LogP contribution is 2.19. The van der Waals surface area contributed by atoms with Crippen molar-refractivity contribution in [2.75, 3.05) is 18.5 Å². The fraction of sp³-hybridized carbons (Fsp3) is 0.533. The minimum absolute atomic E-state index is 0.00966. The molecule has 1 heterocycles. The first-order valence-corrected chi connectivity index (χ1v) is 6.67. The molecule has 1 aliphatic rings. The zero-order valence-electron chi connectivity index (χ0n) is 11.5. The van der Waals surface area contributed by atoms with E-state index < -0.39 is 0 Å². The average molecular weight is 246 g/mol. The lowest BCUT2D eigenvalue weighted by atomic mass is 10.0. The highest BCUT2D eigenvalue weighted by atomic mass is 16.2. The molecular weight excluding hydrogens is 224 g/mol. The Balaban J connectivity index is 2.14. The normalized spacial score (nSPS) is 19.6. The lowest BCUT2D eigenvalue weighted by Crippen LogP contribution is -2.47. The SMILES string of the molecule is Cc1cc(C)cc(N(C)C(=O)C2CCCCN2)c1. The van der Waals surface area contributed by atoms with E-state index >= 15 is 0 Å². The maximum absolute atomic E-state index is 12.4. The summed E-state index contributed by atoms with van der Waals surface area (Å²) < 4.78 is 0. The first-order chi connectivity index (χ1) is 8.58. The molecular formula is C15H22N2O. The maximum atomic E-state index is 12.4. The Morgan fingerprint density at radius 2 is 1.89 bits per heavy atom. The van der Waals surface area contributed by atoms with Crippen molar-refractivity contribution in [1.82, 2.24) is 5.32 Å². The molecule has 0 radical (unpaired) electrons. The number of nitrogens with zero attached hydrogens (tertiary/aromatic N) is 1. The molecule has 1 amide bonds. The second-order valence-corrected chi connectivity index (χ2v) is 5.25. The van der Waals surface area contributed by atoms with Gasteiger partial charge in [-0.05, 0) is 56.5 Å². The van der Waals surface area contributed by atoms with Gasteiger partial charge in [-0.1, -0.05) is 12.5 Å². The highest BCUT2D eigenvalue weighted by molar-refractivity contribution is 5.96. The monoisotopic (exact) mass is 246 g/mol. The van der Waals surface area contributed by atoms with Gasteiger partial charge >= 0.3 is 0 Å². The topological polar surface area (TPSA) is 32.3 Å². The van der Waals surface area contributed by atoms with Gasteiger partial charge in [-0.25, -0.2) is 0 Å². The number of amides is 1. The van der Waals surface area contributed by atoms with Crippen LogP contribution in [0.3, 0.4) is 0 Å². The molecule has 98 valence electrons. The zero-order valence-corrected chi connectivity index (χ0v) is 11.5. The molecule has 1 aliphatic heterocycles. The van der Waals surface area contributed by atoms with E-state index in [4.69, 9.17) is 0 Å². The Morgan fingerprint density at radius 1 is 1.22 bits per heavy atom. The van der Waals surface area contributed by atoms with E-state index in [-0.39, 0.29) is 11.9 Å². The summed E-state index contributed by atoms with van der Waals surface area (Å²) in [5, 5.41) is 3.31. The number of anilines is 1. The van der Waals surface area contributed by atoms with Gasteiger partial charge in [-0.15, -0.1) is 0 Å². The lowest BCUT2D eigenvalue weighted by Gasteiger charge is -2.27. The van der Waals surface area contributed by atoms with Crippen LogP contribution in [0.2, 0.25) is 0 Å². The number of aryl methyl sites for hydroxylation is 2. The minimum Gasteiger partial charge on any atom is -0.314 e. The van der Waals surface area contributed by atoms with Gasteiger partial charge in [0.15, 0.2) is 0 Å². The summed E-state index contributed by atoms with van der Waals surface area (Å²) in [4.78, 5) is 14.2. The lowest BCUT2D eigenvalue weighted by molar-refractivity contribution is -0.120. The molecule has 2 rings (SSSR count). The smallest absolute Gasteiger partial charge is 0.243 e. The van der Waals surface area contributed by atoms with Crippen molar-refractivity contribution in [3.8, 4) is 0 Å². The molecule has 1 N–H and O–H groups in total. The summed E-state index contributed by atoms with van der Waals surface area (Å²) in [5.41, 5.74) is 3.38. The Kier molecular flexibility index (Phi) is 4.02. The van der Waals surface area contributed by atoms with Crippen LogP contribution in [0.1, 0.15) is 30.4 Å². The molecule has 1 atom stereocenters. The van der Waals surface area contributed by atoms with Crippen LogP contribution in [0.5, 0.6) is 0 Å². The molecule has 0 bridgehead atoms. The second-order valence-electron chi connectivity index (χ2n) is 5.25. The van der Waals surface area contributed by atoms with Crippen LogP contribution in [-0.2, 0) is 4.79 Å². The first kappa shape index (κ1) is 13.1. The van der Waals surface area contributed by atoms with Gasteiger partial charge in [-0.3, -0.25) is 4.79 Å². The number of hydrogen-bond donors (Lipinski definition) is 1. The molecule has 0 aliphatic carbocycles. The van der Waals surface area contributed by atoms with Gasteiger partial charge in [0.1, 0.15) is 0 Å². The van der Waals surface area contributed by atoms with E-state index in [1.54, 1.807) is 4.90 Å². The predicted molar refractivity (Wildman–Crippen MR) is 75.0 cm³/mol. The predicted octanol–water partition coefficient (Wildman–Crippen LogP) is 2.41. The van der Waals surface area contributed by atoms with Crippen molar-refractivity contribution in [2.24, 2.45) is 0 Å². The third-order valence-corrected chi connectivity index (χ3v) is 3.53. The summed E-state index contributed by atoms with van der Waals surface area (Å²) in [6, 6.07) is 6.24. The fourth-order valence-electron chi connectivity index (χ4n) is 2.57. The van der Waals surface area contributed by atoms with E-state index in [0.29, 0.717) is 0 Å². The van der Waals surface area contributed by atoms with E-state index in [9.17, 15) is 4.79 Å². The van der Waals surface area contributed by atoms with Gasteiger partial charge in [0.2, 0.25) is 5.91 Å². The van der Waals surface area contributed by atoms with Gasteiger partial charge in [0.25, 0.3) is 0 Å². The fourth-order valence-corrected chi connectivity index (χ4v) is 2.57. The molecule has 0 spiro atoms. The van der Waals surface area contributed by atoms with Crippen LogP contribution < -0.4 is 10.2 Å². The minimum atomic E-state index is -0.00966. The summed E-state index contributed by atoms with van der Waals surface area (Å²) in [7, 11) is 1.87. The van der Waals surface area contributed by atoms with E-state index in [1.807, 2.05) is 7.05 Å².